The molecule has 0 aromatic carbocycles. The van der Waals surface area contributed by atoms with Crippen molar-refractivity contribution in [3.63, 3.8) is 0 Å². The molecule has 7 nitrogen and oxygen atoms in total. The summed E-state index contributed by atoms with van der Waals surface area (Å²) in [7, 11) is 0. The first kappa shape index (κ1) is 15.5. The fourth-order valence-corrected chi connectivity index (χ4v) is 3.01. The molecule has 2 fully saturated rings. The molecule has 0 unspecified atom stereocenters. The van der Waals surface area contributed by atoms with Crippen LogP contribution < -0.4 is 10.6 Å². The molecule has 0 spiro atoms. The van der Waals surface area contributed by atoms with Gasteiger partial charge >= 0.3 is 6.03 Å². The Balaban J connectivity index is 1.88. The Morgan fingerprint density at radius 3 is 2.57 bits per heavy atom. The van der Waals surface area contributed by atoms with Crippen molar-refractivity contribution >= 4 is 23.9 Å². The smallest absolute Gasteiger partial charge is 0.328 e. The Morgan fingerprint density at radius 2 is 1.96 bits per heavy atom. The summed E-state index contributed by atoms with van der Waals surface area (Å²) in [5.41, 5.74) is 2.72. The van der Waals surface area contributed by atoms with E-state index in [2.05, 4.69) is 15.2 Å². The monoisotopic (exact) mass is 317 g/mol. The number of nitrogens with zero attached hydrogens (tertiary/aromatic N) is 1. The molecule has 7 heteroatoms. The number of nitrogens with one attached hydrogen (secondary N) is 2. The van der Waals surface area contributed by atoms with Crippen LogP contribution in [0.5, 0.6) is 0 Å². The van der Waals surface area contributed by atoms with Crippen LogP contribution in [0.15, 0.2) is 11.6 Å². The highest BCUT2D eigenvalue weighted by Gasteiger charge is 2.28. The van der Waals surface area contributed by atoms with Gasteiger partial charge in [0.1, 0.15) is 5.57 Å². The van der Waals surface area contributed by atoms with E-state index in [1.165, 1.54) is 6.08 Å². The third-order valence-electron chi connectivity index (χ3n) is 4.27. The number of barbiturate groups is 1. The van der Waals surface area contributed by atoms with Gasteiger partial charge in [-0.25, -0.2) is 4.79 Å². The second-order valence-electron chi connectivity index (χ2n) is 5.87. The van der Waals surface area contributed by atoms with E-state index in [-0.39, 0.29) is 11.7 Å². The minimum Gasteiger partial charge on any atom is -0.376 e. The van der Waals surface area contributed by atoms with Crippen LogP contribution in [-0.4, -0.2) is 35.1 Å². The predicted molar refractivity (Wildman–Crippen MR) is 82.5 cm³/mol. The number of aryl methyl sites for hydroxylation is 1. The van der Waals surface area contributed by atoms with Gasteiger partial charge in [-0.3, -0.25) is 20.2 Å². The lowest BCUT2D eigenvalue weighted by Gasteiger charge is -2.15. The highest BCUT2D eigenvalue weighted by molar-refractivity contribution is 6.31. The number of amides is 4. The van der Waals surface area contributed by atoms with Crippen LogP contribution in [0.3, 0.4) is 0 Å². The minimum absolute atomic E-state index is 0.0676. The fraction of sp³-hybridized carbons (Fsp3) is 0.438. The van der Waals surface area contributed by atoms with Gasteiger partial charge in [0.15, 0.2) is 0 Å². The van der Waals surface area contributed by atoms with Crippen LogP contribution in [-0.2, 0) is 20.9 Å². The van der Waals surface area contributed by atoms with Crippen molar-refractivity contribution in [2.45, 2.75) is 39.3 Å². The summed E-state index contributed by atoms with van der Waals surface area (Å²) in [6.07, 6.45) is 3.85. The van der Waals surface area contributed by atoms with Crippen LogP contribution in [0, 0.1) is 13.8 Å². The molecule has 0 aliphatic carbocycles. The summed E-state index contributed by atoms with van der Waals surface area (Å²) in [4.78, 5) is 34.7. The minimum atomic E-state index is -0.791. The van der Waals surface area contributed by atoms with Crippen molar-refractivity contribution in [1.82, 2.24) is 15.2 Å². The first-order chi connectivity index (χ1) is 11.0. The zero-order valence-corrected chi connectivity index (χ0v) is 13.1. The first-order valence-corrected chi connectivity index (χ1v) is 7.62. The molecule has 122 valence electrons. The van der Waals surface area contributed by atoms with Crippen molar-refractivity contribution < 1.29 is 19.1 Å². The van der Waals surface area contributed by atoms with E-state index in [4.69, 9.17) is 4.74 Å². The van der Waals surface area contributed by atoms with E-state index >= 15 is 0 Å². The average Bonchev–Trinajstić information content (AvgIpc) is 3.07. The number of carbonyl (C=O) groups excluding carboxylic acids is 3. The number of hydrogen-bond acceptors (Lipinski definition) is 4. The highest BCUT2D eigenvalue weighted by Crippen LogP contribution is 2.22. The maximum atomic E-state index is 11.8. The second kappa shape index (κ2) is 6.00. The highest BCUT2D eigenvalue weighted by atomic mass is 16.5. The second-order valence-corrected chi connectivity index (χ2v) is 5.87. The summed E-state index contributed by atoms with van der Waals surface area (Å²) in [6.45, 7) is 5.49. The zero-order valence-electron chi connectivity index (χ0n) is 13.1. The summed E-state index contributed by atoms with van der Waals surface area (Å²) < 4.78 is 7.80. The van der Waals surface area contributed by atoms with Crippen molar-refractivity contribution in [3.8, 4) is 0 Å². The molecule has 1 atom stereocenters. The van der Waals surface area contributed by atoms with E-state index in [9.17, 15) is 14.4 Å². The summed E-state index contributed by atoms with van der Waals surface area (Å²) in [6, 6.07) is 1.13. The molecule has 2 aliphatic heterocycles. The molecule has 0 bridgehead atoms. The van der Waals surface area contributed by atoms with Gasteiger partial charge in [0.05, 0.1) is 6.10 Å². The van der Waals surface area contributed by atoms with E-state index in [0.717, 1.165) is 42.9 Å². The number of urea groups is 1. The third-order valence-corrected chi connectivity index (χ3v) is 4.27. The topological polar surface area (TPSA) is 89.4 Å². The fourth-order valence-electron chi connectivity index (χ4n) is 3.01. The van der Waals surface area contributed by atoms with E-state index in [1.807, 2.05) is 19.9 Å². The largest absolute Gasteiger partial charge is 0.376 e. The van der Waals surface area contributed by atoms with Crippen LogP contribution in [0.4, 0.5) is 4.79 Å². The van der Waals surface area contributed by atoms with Crippen molar-refractivity contribution in [3.05, 3.63) is 28.6 Å². The SMILES string of the molecule is Cc1cc(C=C2C(=O)NC(=O)NC2=O)c(C)n1C[C@@H]1CCCO1. The van der Waals surface area contributed by atoms with Crippen molar-refractivity contribution in [2.24, 2.45) is 0 Å². The molecule has 2 aliphatic rings. The summed E-state index contributed by atoms with van der Waals surface area (Å²) >= 11 is 0. The molecule has 0 saturated carbocycles. The molecule has 4 amide bonds. The van der Waals surface area contributed by atoms with Gasteiger partial charge in [0.2, 0.25) is 0 Å². The molecule has 2 saturated heterocycles. The van der Waals surface area contributed by atoms with Crippen molar-refractivity contribution in [2.75, 3.05) is 6.61 Å². The van der Waals surface area contributed by atoms with Crippen LogP contribution in [0.1, 0.15) is 29.8 Å². The lowest BCUT2D eigenvalue weighted by Crippen LogP contribution is -2.51. The maximum Gasteiger partial charge on any atom is 0.328 e. The summed E-state index contributed by atoms with van der Waals surface area (Å²) in [5, 5.41) is 4.15. The van der Waals surface area contributed by atoms with Gasteiger partial charge in [-0.15, -0.1) is 0 Å². The zero-order chi connectivity index (χ0) is 16.6. The molecule has 1 aromatic heterocycles. The quantitative estimate of drug-likeness (QED) is 0.644. The molecule has 2 N–H and O–H groups in total. The van der Waals surface area contributed by atoms with Gasteiger partial charge in [-0.05, 0) is 44.4 Å². The molecule has 23 heavy (non-hydrogen) atoms. The first-order valence-electron chi connectivity index (χ1n) is 7.62. The van der Waals surface area contributed by atoms with E-state index < -0.39 is 17.8 Å². The molecule has 1 aromatic rings. The molecule has 3 heterocycles. The number of rotatable bonds is 3. The van der Waals surface area contributed by atoms with Crippen molar-refractivity contribution in [1.29, 1.82) is 0 Å². The lowest BCUT2D eigenvalue weighted by atomic mass is 10.1. The maximum absolute atomic E-state index is 11.8. The Bertz CT molecular complexity index is 689. The average molecular weight is 317 g/mol. The van der Waals surface area contributed by atoms with E-state index in [1.54, 1.807) is 0 Å². The molecular weight excluding hydrogens is 298 g/mol. The number of hydrogen-bond donors (Lipinski definition) is 2. The Morgan fingerprint density at radius 1 is 1.26 bits per heavy atom. The predicted octanol–water partition coefficient (Wildman–Crippen LogP) is 1.03. The van der Waals surface area contributed by atoms with Crippen LogP contribution in [0.2, 0.25) is 0 Å². The lowest BCUT2D eigenvalue weighted by molar-refractivity contribution is -0.123. The molecular formula is C16H19N3O4. The number of imide groups is 2. The normalized spacial score (nSPS) is 21.4. The van der Waals surface area contributed by atoms with Crippen LogP contribution >= 0.6 is 0 Å². The van der Waals surface area contributed by atoms with Gasteiger partial charge in [0.25, 0.3) is 11.8 Å². The molecule has 3 rings (SSSR count). The number of aromatic nitrogens is 1. The number of ether oxygens (including phenoxy) is 1. The van der Waals surface area contributed by atoms with Gasteiger partial charge in [-0.2, -0.15) is 0 Å². The van der Waals surface area contributed by atoms with E-state index in [0.29, 0.717) is 0 Å². The third kappa shape index (κ3) is 3.05. The number of carbonyl (C=O) groups is 3. The molecule has 0 radical (unpaired) electrons. The Labute approximate surface area is 133 Å². The Kier molecular flexibility index (Phi) is 4.04. The summed E-state index contributed by atoms with van der Waals surface area (Å²) in [5.74, 6) is -1.36. The van der Waals surface area contributed by atoms with Gasteiger partial charge in [0, 0.05) is 24.5 Å². The Hall–Kier alpha value is -2.41. The van der Waals surface area contributed by atoms with Gasteiger partial charge in [-0.1, -0.05) is 0 Å². The standard InChI is InChI=1S/C16H19N3O4/c1-9-6-11(7-13-14(20)17-16(22)18-15(13)21)10(2)19(9)8-12-4-3-5-23-12/h6-7,12H,3-5,8H2,1-2H3,(H2,17,18,20,21,22)/t12-/m0/s1. The van der Waals surface area contributed by atoms with Crippen LogP contribution in [0.25, 0.3) is 6.08 Å². The van der Waals surface area contributed by atoms with Gasteiger partial charge < -0.3 is 9.30 Å².